The molecule has 0 amide bonds. The van der Waals surface area contributed by atoms with Crippen LogP contribution >= 0.6 is 11.8 Å². The molecule has 0 aliphatic heterocycles. The second kappa shape index (κ2) is 7.11. The van der Waals surface area contributed by atoms with Gasteiger partial charge in [0.2, 0.25) is 0 Å². The molecule has 2 aromatic heterocycles. The summed E-state index contributed by atoms with van der Waals surface area (Å²) in [7, 11) is 0. The quantitative estimate of drug-likeness (QED) is 0.302. The highest BCUT2D eigenvalue weighted by atomic mass is 32.2. The monoisotopic (exact) mass is 356 g/mol. The van der Waals surface area contributed by atoms with Gasteiger partial charge in [-0.25, -0.2) is 4.39 Å². The lowest BCUT2D eigenvalue weighted by atomic mass is 10.2. The highest BCUT2D eigenvalue weighted by Gasteiger charge is 2.18. The maximum Gasteiger partial charge on any atom is 0.251 e. The molecule has 3 rings (SSSR count). The Kier molecular flexibility index (Phi) is 4.90. The minimum Gasteiger partial charge on any atom is -0.618 e. The molecule has 0 bridgehead atoms. The standard InChI is InChI=1S/C19H17FN2O2S/c1-13-11-17(14(2)22(13)16-8-6-15(20)7-9-16)18(23)12-25-19-5-3-4-10-21(19)24/h3-11H,12H2,1-2H3. The van der Waals surface area contributed by atoms with Crippen molar-refractivity contribution in [1.29, 1.82) is 0 Å². The van der Waals surface area contributed by atoms with Gasteiger partial charge in [0, 0.05) is 34.8 Å². The second-order valence-corrected chi connectivity index (χ2v) is 6.67. The zero-order valence-corrected chi connectivity index (χ0v) is 14.7. The number of Topliss-reactive ketones (excluding diaryl/α,β-unsaturated/α-hetero) is 1. The number of halogens is 1. The fourth-order valence-corrected chi connectivity index (χ4v) is 3.57. The molecule has 2 heterocycles. The molecule has 1 aromatic carbocycles. The van der Waals surface area contributed by atoms with Gasteiger partial charge in [-0.15, -0.1) is 0 Å². The van der Waals surface area contributed by atoms with E-state index in [4.69, 9.17) is 0 Å². The summed E-state index contributed by atoms with van der Waals surface area (Å²) in [5.74, 6) is -0.164. The van der Waals surface area contributed by atoms with Gasteiger partial charge in [-0.2, -0.15) is 4.73 Å². The number of ketones is 1. The molecule has 3 aromatic rings. The average molecular weight is 356 g/mol. The summed E-state index contributed by atoms with van der Waals surface area (Å²) in [6.07, 6.45) is 1.41. The Labute approximate surface area is 149 Å². The molecule has 4 nitrogen and oxygen atoms in total. The van der Waals surface area contributed by atoms with E-state index in [1.54, 1.807) is 30.3 Å². The molecule has 0 atom stereocenters. The Morgan fingerprint density at radius 1 is 1.20 bits per heavy atom. The molecule has 0 fully saturated rings. The zero-order valence-electron chi connectivity index (χ0n) is 13.9. The molecule has 0 radical (unpaired) electrons. The van der Waals surface area contributed by atoms with E-state index in [0.29, 0.717) is 10.6 Å². The fraction of sp³-hybridized carbons (Fsp3) is 0.158. The number of pyridine rings is 1. The number of rotatable bonds is 5. The van der Waals surface area contributed by atoms with Gasteiger partial charge in [0.1, 0.15) is 5.82 Å². The van der Waals surface area contributed by atoms with Crippen molar-refractivity contribution in [3.05, 3.63) is 82.7 Å². The lowest BCUT2D eigenvalue weighted by Gasteiger charge is -2.09. The van der Waals surface area contributed by atoms with Crippen LogP contribution in [0.3, 0.4) is 0 Å². The van der Waals surface area contributed by atoms with Crippen LogP contribution in [0.5, 0.6) is 0 Å². The summed E-state index contributed by atoms with van der Waals surface area (Å²) in [6, 6.07) is 13.1. The van der Waals surface area contributed by atoms with Crippen LogP contribution in [0.1, 0.15) is 21.7 Å². The van der Waals surface area contributed by atoms with E-state index in [-0.39, 0.29) is 17.4 Å². The molecule has 25 heavy (non-hydrogen) atoms. The Bertz CT molecular complexity index is 920. The molecular formula is C19H17FN2O2S. The van der Waals surface area contributed by atoms with Crippen molar-refractivity contribution in [2.45, 2.75) is 18.9 Å². The third-order valence-electron chi connectivity index (χ3n) is 3.96. The number of aromatic nitrogens is 2. The normalized spacial score (nSPS) is 10.8. The summed E-state index contributed by atoms with van der Waals surface area (Å²) in [5, 5.41) is 12.1. The van der Waals surface area contributed by atoms with Crippen molar-refractivity contribution < 1.29 is 13.9 Å². The van der Waals surface area contributed by atoms with E-state index in [1.807, 2.05) is 24.5 Å². The van der Waals surface area contributed by atoms with Crippen LogP contribution in [0.15, 0.2) is 59.8 Å². The molecule has 0 saturated heterocycles. The molecular weight excluding hydrogens is 339 g/mol. The highest BCUT2D eigenvalue weighted by Crippen LogP contribution is 2.23. The van der Waals surface area contributed by atoms with Crippen LogP contribution < -0.4 is 4.73 Å². The molecule has 6 heteroatoms. The van der Waals surface area contributed by atoms with Crippen molar-refractivity contribution in [3.63, 3.8) is 0 Å². The Morgan fingerprint density at radius 2 is 1.92 bits per heavy atom. The number of hydrogen-bond donors (Lipinski definition) is 0. The van der Waals surface area contributed by atoms with E-state index in [1.165, 1.54) is 30.1 Å². The minimum atomic E-state index is -0.298. The summed E-state index contributed by atoms with van der Waals surface area (Å²) in [5.41, 5.74) is 3.13. The minimum absolute atomic E-state index is 0.0460. The van der Waals surface area contributed by atoms with Crippen LogP contribution in [0, 0.1) is 24.9 Å². The van der Waals surface area contributed by atoms with Crippen molar-refractivity contribution in [1.82, 2.24) is 4.57 Å². The van der Waals surface area contributed by atoms with Gasteiger partial charge < -0.3 is 9.77 Å². The molecule has 0 spiro atoms. The first-order valence-corrected chi connectivity index (χ1v) is 8.75. The van der Waals surface area contributed by atoms with Crippen LogP contribution in [0.2, 0.25) is 0 Å². The van der Waals surface area contributed by atoms with Crippen LogP contribution in [-0.2, 0) is 0 Å². The first-order chi connectivity index (χ1) is 12.0. The third kappa shape index (κ3) is 3.58. The number of carbonyl (C=O) groups excluding carboxylic acids is 1. The first kappa shape index (κ1) is 17.2. The Hall–Kier alpha value is -2.60. The van der Waals surface area contributed by atoms with E-state index in [0.717, 1.165) is 21.8 Å². The highest BCUT2D eigenvalue weighted by molar-refractivity contribution is 7.99. The van der Waals surface area contributed by atoms with Gasteiger partial charge in [-0.1, -0.05) is 0 Å². The second-order valence-electron chi connectivity index (χ2n) is 5.67. The number of hydrogen-bond acceptors (Lipinski definition) is 3. The van der Waals surface area contributed by atoms with Gasteiger partial charge in [-0.05, 0) is 62.0 Å². The number of aryl methyl sites for hydroxylation is 1. The topological polar surface area (TPSA) is 48.9 Å². The van der Waals surface area contributed by atoms with E-state index < -0.39 is 0 Å². The summed E-state index contributed by atoms with van der Waals surface area (Å²) in [6.45, 7) is 3.77. The van der Waals surface area contributed by atoms with Crippen LogP contribution in [-0.4, -0.2) is 16.1 Å². The van der Waals surface area contributed by atoms with E-state index >= 15 is 0 Å². The van der Waals surface area contributed by atoms with E-state index in [2.05, 4.69) is 0 Å². The zero-order chi connectivity index (χ0) is 18.0. The Balaban J connectivity index is 1.83. The number of thioether (sulfide) groups is 1. The fourth-order valence-electron chi connectivity index (χ4n) is 2.77. The lowest BCUT2D eigenvalue weighted by molar-refractivity contribution is -0.645. The number of benzene rings is 1. The predicted octanol–water partition coefficient (Wildman–Crippen LogP) is 3.84. The maximum absolute atomic E-state index is 13.1. The van der Waals surface area contributed by atoms with Gasteiger partial charge in [-0.3, -0.25) is 4.79 Å². The largest absolute Gasteiger partial charge is 0.618 e. The maximum atomic E-state index is 13.1. The van der Waals surface area contributed by atoms with Gasteiger partial charge in [0.15, 0.2) is 12.0 Å². The number of carbonyl (C=O) groups is 1. The molecule has 128 valence electrons. The van der Waals surface area contributed by atoms with Crippen molar-refractivity contribution >= 4 is 17.5 Å². The van der Waals surface area contributed by atoms with Crippen molar-refractivity contribution in [2.75, 3.05) is 5.75 Å². The summed E-state index contributed by atoms with van der Waals surface area (Å²) < 4.78 is 15.8. The first-order valence-electron chi connectivity index (χ1n) is 7.76. The van der Waals surface area contributed by atoms with Crippen molar-refractivity contribution in [2.24, 2.45) is 0 Å². The lowest BCUT2D eigenvalue weighted by Crippen LogP contribution is -2.28. The predicted molar refractivity (Wildman–Crippen MR) is 95.7 cm³/mol. The summed E-state index contributed by atoms with van der Waals surface area (Å²) >= 11 is 1.21. The molecule has 0 N–H and O–H groups in total. The Morgan fingerprint density at radius 3 is 2.60 bits per heavy atom. The summed E-state index contributed by atoms with van der Waals surface area (Å²) in [4.78, 5) is 12.6. The molecule has 0 saturated carbocycles. The molecule has 0 unspecified atom stereocenters. The van der Waals surface area contributed by atoms with E-state index in [9.17, 15) is 14.4 Å². The third-order valence-corrected chi connectivity index (χ3v) is 4.97. The van der Waals surface area contributed by atoms with Crippen LogP contribution in [0.4, 0.5) is 4.39 Å². The van der Waals surface area contributed by atoms with Gasteiger partial charge >= 0.3 is 0 Å². The van der Waals surface area contributed by atoms with Crippen molar-refractivity contribution in [3.8, 4) is 5.69 Å². The van der Waals surface area contributed by atoms with Gasteiger partial charge in [0.05, 0.1) is 5.75 Å². The molecule has 0 aliphatic carbocycles. The number of nitrogens with zero attached hydrogens (tertiary/aromatic N) is 2. The molecule has 0 aliphatic rings. The average Bonchev–Trinajstić information content (AvgIpc) is 2.89. The van der Waals surface area contributed by atoms with Crippen LogP contribution in [0.25, 0.3) is 5.69 Å². The smallest absolute Gasteiger partial charge is 0.251 e. The SMILES string of the molecule is Cc1cc(C(=O)CSc2cccc[n+]2[O-])c(C)n1-c1ccc(F)cc1. The van der Waals surface area contributed by atoms with Gasteiger partial charge in [0.25, 0.3) is 5.03 Å².